The first kappa shape index (κ1) is 16.9. The zero-order valence-electron chi connectivity index (χ0n) is 15.7. The van der Waals surface area contributed by atoms with Gasteiger partial charge >= 0.3 is 0 Å². The van der Waals surface area contributed by atoms with Crippen LogP contribution in [0, 0.1) is 13.8 Å². The topological polar surface area (TPSA) is 30.3 Å². The van der Waals surface area contributed by atoms with Crippen LogP contribution in [0.2, 0.25) is 0 Å². The Morgan fingerprint density at radius 3 is 2.65 bits per heavy atom. The highest BCUT2D eigenvalue weighted by Crippen LogP contribution is 2.30. The van der Waals surface area contributed by atoms with Crippen LogP contribution in [-0.2, 0) is 19.6 Å². The zero-order chi connectivity index (χ0) is 18.1. The second-order valence-electron chi connectivity index (χ2n) is 7.07. The fourth-order valence-electron chi connectivity index (χ4n) is 3.60. The third kappa shape index (κ3) is 3.25. The molecule has 4 rings (SSSR count). The summed E-state index contributed by atoms with van der Waals surface area (Å²) < 4.78 is 7.63. The standard InChI is InChI=1S/C22H25N3O/c1-16-8-9-18(12-17(16)2)14-24-10-11-25-19(15-24)13-21(23-25)20-6-4-5-7-22(20)26-3/h4-9,12-13H,10-11,14-15H2,1-3H3. The lowest BCUT2D eigenvalue weighted by molar-refractivity contribution is 0.205. The Labute approximate surface area is 155 Å². The number of methoxy groups -OCH3 is 1. The lowest BCUT2D eigenvalue weighted by atomic mass is 10.1. The van der Waals surface area contributed by atoms with Crippen LogP contribution in [-0.4, -0.2) is 28.3 Å². The van der Waals surface area contributed by atoms with E-state index in [2.05, 4.69) is 53.8 Å². The second-order valence-corrected chi connectivity index (χ2v) is 7.07. The maximum atomic E-state index is 5.49. The monoisotopic (exact) mass is 347 g/mol. The number of hydrogen-bond donors (Lipinski definition) is 0. The molecule has 0 N–H and O–H groups in total. The molecule has 0 fully saturated rings. The van der Waals surface area contributed by atoms with Gasteiger partial charge in [0.15, 0.2) is 0 Å². The van der Waals surface area contributed by atoms with Crippen molar-refractivity contribution in [2.24, 2.45) is 0 Å². The molecule has 134 valence electrons. The lowest BCUT2D eigenvalue weighted by Gasteiger charge is -2.27. The van der Waals surface area contributed by atoms with Gasteiger partial charge in [0.1, 0.15) is 5.75 Å². The van der Waals surface area contributed by atoms with E-state index in [1.807, 2.05) is 18.2 Å². The second kappa shape index (κ2) is 6.96. The quantitative estimate of drug-likeness (QED) is 0.709. The Kier molecular flexibility index (Phi) is 4.51. The smallest absolute Gasteiger partial charge is 0.128 e. The van der Waals surface area contributed by atoms with Gasteiger partial charge in [-0.15, -0.1) is 0 Å². The molecule has 0 atom stereocenters. The van der Waals surface area contributed by atoms with Crippen LogP contribution in [0.1, 0.15) is 22.4 Å². The van der Waals surface area contributed by atoms with Crippen LogP contribution < -0.4 is 4.74 Å². The molecule has 0 bridgehead atoms. The van der Waals surface area contributed by atoms with Crippen molar-refractivity contribution in [3.63, 3.8) is 0 Å². The molecule has 0 saturated carbocycles. The maximum Gasteiger partial charge on any atom is 0.128 e. The molecule has 0 amide bonds. The van der Waals surface area contributed by atoms with Gasteiger partial charge in [-0.1, -0.05) is 30.3 Å². The van der Waals surface area contributed by atoms with E-state index in [1.165, 1.54) is 22.4 Å². The van der Waals surface area contributed by atoms with Crippen LogP contribution in [0.15, 0.2) is 48.5 Å². The van der Waals surface area contributed by atoms with E-state index in [-0.39, 0.29) is 0 Å². The van der Waals surface area contributed by atoms with Gasteiger partial charge in [-0.2, -0.15) is 5.10 Å². The molecule has 0 spiro atoms. The normalized spacial score (nSPS) is 14.3. The molecule has 1 aromatic heterocycles. The largest absolute Gasteiger partial charge is 0.496 e. The summed E-state index contributed by atoms with van der Waals surface area (Å²) in [6, 6.07) is 17.0. The van der Waals surface area contributed by atoms with Crippen molar-refractivity contribution < 1.29 is 4.74 Å². The number of aryl methyl sites for hydroxylation is 2. The average molecular weight is 347 g/mol. The molecular weight excluding hydrogens is 322 g/mol. The first-order valence-electron chi connectivity index (χ1n) is 9.12. The molecule has 1 aliphatic heterocycles. The van der Waals surface area contributed by atoms with Crippen LogP contribution in [0.3, 0.4) is 0 Å². The summed E-state index contributed by atoms with van der Waals surface area (Å²) in [6.45, 7) is 8.20. The Balaban J connectivity index is 1.54. The third-order valence-electron chi connectivity index (χ3n) is 5.24. The van der Waals surface area contributed by atoms with E-state index >= 15 is 0 Å². The number of rotatable bonds is 4. The predicted octanol–water partition coefficient (Wildman–Crippen LogP) is 4.19. The van der Waals surface area contributed by atoms with Gasteiger partial charge in [0.05, 0.1) is 25.0 Å². The van der Waals surface area contributed by atoms with Gasteiger partial charge in [0.2, 0.25) is 0 Å². The number of nitrogens with zero attached hydrogens (tertiary/aromatic N) is 3. The first-order chi connectivity index (χ1) is 12.6. The number of ether oxygens (including phenoxy) is 1. The molecule has 4 nitrogen and oxygen atoms in total. The summed E-state index contributed by atoms with van der Waals surface area (Å²) in [5.74, 6) is 0.870. The van der Waals surface area contributed by atoms with Crippen molar-refractivity contribution in [1.29, 1.82) is 0 Å². The van der Waals surface area contributed by atoms with E-state index in [4.69, 9.17) is 9.84 Å². The van der Waals surface area contributed by atoms with Crippen molar-refractivity contribution in [2.75, 3.05) is 13.7 Å². The minimum absolute atomic E-state index is 0.870. The third-order valence-corrected chi connectivity index (χ3v) is 5.24. The highest BCUT2D eigenvalue weighted by Gasteiger charge is 2.20. The van der Waals surface area contributed by atoms with E-state index in [1.54, 1.807) is 7.11 Å². The highest BCUT2D eigenvalue weighted by molar-refractivity contribution is 5.67. The number of aromatic nitrogens is 2. The SMILES string of the molecule is COc1ccccc1-c1cc2n(n1)CCN(Cc1ccc(C)c(C)c1)C2. The van der Waals surface area contributed by atoms with E-state index < -0.39 is 0 Å². The highest BCUT2D eigenvalue weighted by atomic mass is 16.5. The van der Waals surface area contributed by atoms with Crippen molar-refractivity contribution in [1.82, 2.24) is 14.7 Å². The van der Waals surface area contributed by atoms with Crippen molar-refractivity contribution >= 4 is 0 Å². The Hall–Kier alpha value is -2.59. The first-order valence-corrected chi connectivity index (χ1v) is 9.12. The molecule has 2 heterocycles. The van der Waals surface area contributed by atoms with Gasteiger partial charge in [-0.25, -0.2) is 0 Å². The molecule has 0 unspecified atom stereocenters. The minimum atomic E-state index is 0.870. The summed E-state index contributed by atoms with van der Waals surface area (Å²) in [4.78, 5) is 2.49. The predicted molar refractivity (Wildman–Crippen MR) is 104 cm³/mol. The Morgan fingerprint density at radius 1 is 1.00 bits per heavy atom. The number of fused-ring (bicyclic) bond motifs is 1. The van der Waals surface area contributed by atoms with E-state index in [9.17, 15) is 0 Å². The summed E-state index contributed by atoms with van der Waals surface area (Å²) in [6.07, 6.45) is 0. The molecule has 0 aliphatic carbocycles. The van der Waals surface area contributed by atoms with Crippen LogP contribution >= 0.6 is 0 Å². The number of hydrogen-bond acceptors (Lipinski definition) is 3. The van der Waals surface area contributed by atoms with E-state index in [0.29, 0.717) is 0 Å². The fraction of sp³-hybridized carbons (Fsp3) is 0.318. The maximum absolute atomic E-state index is 5.49. The molecule has 2 aromatic carbocycles. The molecule has 3 aromatic rings. The van der Waals surface area contributed by atoms with Crippen LogP contribution in [0.25, 0.3) is 11.3 Å². The Bertz CT molecular complexity index is 929. The van der Waals surface area contributed by atoms with Crippen LogP contribution in [0.4, 0.5) is 0 Å². The van der Waals surface area contributed by atoms with Crippen molar-refractivity contribution in [2.45, 2.75) is 33.5 Å². The number of benzene rings is 2. The van der Waals surface area contributed by atoms with Crippen molar-refractivity contribution in [3.05, 3.63) is 70.9 Å². The fourth-order valence-corrected chi connectivity index (χ4v) is 3.60. The van der Waals surface area contributed by atoms with Crippen molar-refractivity contribution in [3.8, 4) is 17.0 Å². The van der Waals surface area contributed by atoms with Gasteiger partial charge in [0, 0.05) is 25.2 Å². The minimum Gasteiger partial charge on any atom is -0.496 e. The van der Waals surface area contributed by atoms with Gasteiger partial charge in [0.25, 0.3) is 0 Å². The molecular formula is C22H25N3O. The molecule has 1 aliphatic rings. The molecule has 26 heavy (non-hydrogen) atoms. The van der Waals surface area contributed by atoms with Gasteiger partial charge in [-0.05, 0) is 48.7 Å². The van der Waals surface area contributed by atoms with Gasteiger partial charge in [-0.3, -0.25) is 9.58 Å². The summed E-state index contributed by atoms with van der Waals surface area (Å²) in [5.41, 5.74) is 7.41. The lowest BCUT2D eigenvalue weighted by Crippen LogP contribution is -2.33. The van der Waals surface area contributed by atoms with Crippen LogP contribution in [0.5, 0.6) is 5.75 Å². The number of para-hydroxylation sites is 1. The average Bonchev–Trinajstić information content (AvgIpc) is 3.08. The molecule has 0 saturated heterocycles. The summed E-state index contributed by atoms with van der Waals surface area (Å²) in [5, 5.41) is 4.81. The van der Waals surface area contributed by atoms with Gasteiger partial charge < -0.3 is 4.74 Å². The Morgan fingerprint density at radius 2 is 1.85 bits per heavy atom. The zero-order valence-corrected chi connectivity index (χ0v) is 15.7. The summed E-state index contributed by atoms with van der Waals surface area (Å²) in [7, 11) is 1.71. The molecule has 4 heteroatoms. The summed E-state index contributed by atoms with van der Waals surface area (Å²) >= 11 is 0. The molecule has 0 radical (unpaired) electrons. The van der Waals surface area contributed by atoms with E-state index in [0.717, 1.165) is 43.2 Å².